The van der Waals surface area contributed by atoms with E-state index in [0.29, 0.717) is 38.2 Å². The Hall–Kier alpha value is -2.12. The second-order valence-corrected chi connectivity index (χ2v) is 9.19. The highest BCUT2D eigenvalue weighted by Crippen LogP contribution is 2.66. The van der Waals surface area contributed by atoms with Crippen LogP contribution in [0.5, 0.6) is 0 Å². The van der Waals surface area contributed by atoms with E-state index in [0.717, 1.165) is 16.4 Å². The van der Waals surface area contributed by atoms with Gasteiger partial charge in [-0.15, -0.1) is 0 Å². The minimum atomic E-state index is -4.67. The van der Waals surface area contributed by atoms with Crippen molar-refractivity contribution in [2.45, 2.75) is 56.3 Å². The van der Waals surface area contributed by atoms with Gasteiger partial charge in [-0.2, -0.15) is 18.4 Å². The second kappa shape index (κ2) is 5.70. The molecule has 0 spiro atoms. The number of nitriles is 1. The van der Waals surface area contributed by atoms with Crippen LogP contribution in [0.2, 0.25) is 0 Å². The zero-order valence-electron chi connectivity index (χ0n) is 14.9. The molecule has 0 saturated heterocycles. The molecule has 150 valence electrons. The first-order chi connectivity index (χ1) is 12.9. The molecular weight excluding hydrogens is 395 g/mol. The number of rotatable bonds is 5. The lowest BCUT2D eigenvalue weighted by Crippen LogP contribution is -2.74. The fourth-order valence-electron chi connectivity index (χ4n) is 4.35. The maximum atomic E-state index is 13.2. The SMILES string of the molecule is CC1(N(c2cc(C(F)(F)F)ccc2C(=O)NC23CC(C#N)(C2)C3)S(=O)[O-])CC1. The number of carbonyl (C=O) groups excluding carboxylic acids is 1. The number of carbonyl (C=O) groups is 1. The fourth-order valence-corrected chi connectivity index (χ4v) is 5.20. The van der Waals surface area contributed by atoms with Crippen molar-refractivity contribution in [2.24, 2.45) is 5.41 Å². The van der Waals surface area contributed by atoms with Crippen LogP contribution in [0.4, 0.5) is 18.9 Å². The third-order valence-electron chi connectivity index (χ3n) is 6.05. The molecule has 1 amide bonds. The van der Waals surface area contributed by atoms with Crippen molar-refractivity contribution in [1.82, 2.24) is 5.32 Å². The monoisotopic (exact) mass is 412 g/mol. The normalized spacial score (nSPS) is 30.3. The van der Waals surface area contributed by atoms with Crippen molar-refractivity contribution in [1.29, 1.82) is 5.26 Å². The summed E-state index contributed by atoms with van der Waals surface area (Å²) in [5.41, 5.74) is -3.18. The van der Waals surface area contributed by atoms with E-state index in [9.17, 15) is 26.7 Å². The first kappa shape index (κ1) is 19.2. The maximum Gasteiger partial charge on any atom is 0.416 e. The second-order valence-electron chi connectivity index (χ2n) is 8.40. The smallest absolute Gasteiger partial charge is 0.416 e. The van der Waals surface area contributed by atoms with E-state index < -0.39 is 45.4 Å². The molecule has 4 aliphatic carbocycles. The summed E-state index contributed by atoms with van der Waals surface area (Å²) in [5, 5.41) is 11.9. The molecule has 6 nitrogen and oxygen atoms in total. The van der Waals surface area contributed by atoms with Crippen molar-refractivity contribution in [3.8, 4) is 6.07 Å². The van der Waals surface area contributed by atoms with E-state index >= 15 is 0 Å². The Balaban J connectivity index is 1.69. The highest BCUT2D eigenvalue weighted by Gasteiger charge is 2.69. The van der Waals surface area contributed by atoms with Crippen LogP contribution in [0, 0.1) is 16.7 Å². The molecule has 1 unspecified atom stereocenters. The zero-order chi connectivity index (χ0) is 20.5. The van der Waals surface area contributed by atoms with Crippen LogP contribution in [0.25, 0.3) is 0 Å². The average molecular weight is 412 g/mol. The molecule has 5 rings (SSSR count). The average Bonchev–Trinajstić information content (AvgIpc) is 3.26. The molecule has 2 bridgehead atoms. The van der Waals surface area contributed by atoms with Crippen molar-refractivity contribution in [3.05, 3.63) is 29.3 Å². The van der Waals surface area contributed by atoms with Gasteiger partial charge in [0.05, 0.1) is 33.8 Å². The van der Waals surface area contributed by atoms with Gasteiger partial charge in [0.2, 0.25) is 0 Å². The van der Waals surface area contributed by atoms with E-state index in [2.05, 4.69) is 11.4 Å². The number of anilines is 1. The number of alkyl halides is 3. The van der Waals surface area contributed by atoms with E-state index in [1.807, 2.05) is 0 Å². The Morgan fingerprint density at radius 1 is 1.32 bits per heavy atom. The number of hydrogen-bond donors (Lipinski definition) is 1. The third kappa shape index (κ3) is 2.88. The number of hydrogen-bond acceptors (Lipinski definition) is 4. The van der Waals surface area contributed by atoms with Gasteiger partial charge in [0.25, 0.3) is 5.91 Å². The number of halogens is 3. The summed E-state index contributed by atoms with van der Waals surface area (Å²) < 4.78 is 64.1. The van der Waals surface area contributed by atoms with Gasteiger partial charge in [0, 0.05) is 16.8 Å². The lowest BCUT2D eigenvalue weighted by Gasteiger charge is -2.67. The summed E-state index contributed by atoms with van der Waals surface area (Å²) in [5.74, 6) is -0.630. The van der Waals surface area contributed by atoms with Gasteiger partial charge in [-0.05, 0) is 57.2 Å². The molecule has 4 fully saturated rings. The van der Waals surface area contributed by atoms with Gasteiger partial charge in [0.1, 0.15) is 0 Å². The first-order valence-corrected chi connectivity index (χ1v) is 9.81. The van der Waals surface area contributed by atoms with Crippen LogP contribution in [0.3, 0.4) is 0 Å². The summed E-state index contributed by atoms with van der Waals surface area (Å²) in [6.07, 6.45) is -2.16. The summed E-state index contributed by atoms with van der Waals surface area (Å²) in [4.78, 5) is 12.8. The maximum absolute atomic E-state index is 13.2. The molecule has 1 aromatic carbocycles. The van der Waals surface area contributed by atoms with Gasteiger partial charge in [0.15, 0.2) is 0 Å². The minimum absolute atomic E-state index is 0.124. The Bertz CT molecular complexity index is 916. The Morgan fingerprint density at radius 3 is 2.39 bits per heavy atom. The summed E-state index contributed by atoms with van der Waals surface area (Å²) in [6, 6.07) is 4.72. The highest BCUT2D eigenvalue weighted by molar-refractivity contribution is 7.80. The summed E-state index contributed by atoms with van der Waals surface area (Å²) in [7, 11) is 0. The van der Waals surface area contributed by atoms with Gasteiger partial charge in [-0.25, -0.2) is 0 Å². The lowest BCUT2D eigenvalue weighted by molar-refractivity contribution is -0.137. The quantitative estimate of drug-likeness (QED) is 0.752. The number of amides is 1. The number of nitrogens with zero attached hydrogens (tertiary/aromatic N) is 2. The Kier molecular flexibility index (Phi) is 3.91. The third-order valence-corrected chi connectivity index (χ3v) is 6.98. The Morgan fingerprint density at radius 2 is 1.93 bits per heavy atom. The van der Waals surface area contributed by atoms with Crippen molar-refractivity contribution < 1.29 is 26.7 Å². The molecule has 0 aliphatic heterocycles. The molecule has 4 aliphatic rings. The molecule has 0 radical (unpaired) electrons. The van der Waals surface area contributed by atoms with E-state index in [1.54, 1.807) is 6.92 Å². The summed E-state index contributed by atoms with van der Waals surface area (Å²) >= 11 is -2.84. The molecule has 0 heterocycles. The van der Waals surface area contributed by atoms with E-state index in [-0.39, 0.29) is 11.3 Å². The largest absolute Gasteiger partial charge is 0.755 e. The van der Waals surface area contributed by atoms with Gasteiger partial charge < -0.3 is 9.87 Å². The van der Waals surface area contributed by atoms with Crippen LogP contribution in [0.15, 0.2) is 18.2 Å². The predicted molar refractivity (Wildman–Crippen MR) is 92.6 cm³/mol. The summed E-state index contributed by atoms with van der Waals surface area (Å²) in [6.45, 7) is 1.63. The van der Waals surface area contributed by atoms with Crippen molar-refractivity contribution >= 4 is 22.9 Å². The molecular formula is C18H17F3N3O3S-. The molecule has 10 heteroatoms. The zero-order valence-corrected chi connectivity index (χ0v) is 15.7. The van der Waals surface area contributed by atoms with Crippen LogP contribution >= 0.6 is 0 Å². The van der Waals surface area contributed by atoms with Gasteiger partial charge >= 0.3 is 6.18 Å². The fraction of sp³-hybridized carbons (Fsp3) is 0.556. The van der Waals surface area contributed by atoms with Gasteiger partial charge in [-0.1, -0.05) is 0 Å². The van der Waals surface area contributed by atoms with Crippen LogP contribution in [-0.4, -0.2) is 25.7 Å². The Labute approximate surface area is 162 Å². The highest BCUT2D eigenvalue weighted by atomic mass is 32.2. The van der Waals surface area contributed by atoms with Crippen LogP contribution in [0.1, 0.15) is 54.9 Å². The van der Waals surface area contributed by atoms with Crippen molar-refractivity contribution in [3.63, 3.8) is 0 Å². The molecule has 4 saturated carbocycles. The molecule has 0 aromatic heterocycles. The molecule has 1 atom stereocenters. The van der Waals surface area contributed by atoms with Crippen LogP contribution < -0.4 is 9.62 Å². The molecule has 28 heavy (non-hydrogen) atoms. The van der Waals surface area contributed by atoms with E-state index in [4.69, 9.17) is 5.26 Å². The first-order valence-electron chi connectivity index (χ1n) is 8.77. The molecule has 1 aromatic rings. The standard InChI is InChI=1S/C18H18F3N3O3S/c1-15(4-5-15)24(28(26)27)13-6-11(18(19,20)21)2-3-12(13)14(25)23-17-7-16(8-17,9-17)10-22/h2-3,6H,4-5,7-9H2,1H3,(H,23,25)(H,26,27)/p-1. The number of benzene rings is 1. The van der Waals surface area contributed by atoms with Crippen LogP contribution in [-0.2, 0) is 17.4 Å². The van der Waals surface area contributed by atoms with Crippen molar-refractivity contribution in [2.75, 3.05) is 4.31 Å². The predicted octanol–water partition coefficient (Wildman–Crippen LogP) is 3.03. The molecule has 1 N–H and O–H groups in total. The minimum Gasteiger partial charge on any atom is -0.755 e. The lowest BCUT2D eigenvalue weighted by atomic mass is 9.40. The van der Waals surface area contributed by atoms with Gasteiger partial charge in [-0.3, -0.25) is 13.3 Å². The number of nitrogens with one attached hydrogen (secondary N) is 1. The topological polar surface area (TPSA) is 96.3 Å². The van der Waals surface area contributed by atoms with E-state index in [1.165, 1.54) is 0 Å².